The average Bonchev–Trinajstić information content (AvgIpc) is 3.06. The van der Waals surface area contributed by atoms with Gasteiger partial charge in [-0.05, 0) is 50.5 Å². The van der Waals surface area contributed by atoms with Crippen LogP contribution in [0.1, 0.15) is 62.0 Å². The van der Waals surface area contributed by atoms with Crippen LogP contribution in [0.3, 0.4) is 0 Å². The summed E-state index contributed by atoms with van der Waals surface area (Å²) in [4.78, 5) is 99.3. The summed E-state index contributed by atoms with van der Waals surface area (Å²) < 4.78 is 0. The number of benzene rings is 1. The third kappa shape index (κ3) is 11.1. The van der Waals surface area contributed by atoms with Crippen molar-refractivity contribution in [2.75, 3.05) is 11.1 Å². The Labute approximate surface area is 278 Å². The molecule has 2 heterocycles. The number of carboxylic acid groups (broad SMARTS) is 2. The van der Waals surface area contributed by atoms with Gasteiger partial charge in [0.05, 0.1) is 24.5 Å². The molecule has 3 unspecified atom stereocenters. The number of carboxylic acids is 2. The van der Waals surface area contributed by atoms with Crippen molar-refractivity contribution in [3.8, 4) is 0 Å². The Morgan fingerprint density at radius 1 is 0.898 bits per heavy atom. The van der Waals surface area contributed by atoms with Crippen molar-refractivity contribution in [1.82, 2.24) is 35.9 Å². The second kappa shape index (κ2) is 17.3. The molecule has 0 radical (unpaired) electrons. The summed E-state index contributed by atoms with van der Waals surface area (Å²) in [6, 6.07) is 1.39. The normalized spacial score (nSPS) is 13.4. The molecule has 3 rings (SSSR count). The van der Waals surface area contributed by atoms with Gasteiger partial charge in [0, 0.05) is 24.1 Å². The van der Waals surface area contributed by atoms with Crippen LogP contribution < -0.4 is 38.3 Å². The fourth-order valence-corrected chi connectivity index (χ4v) is 4.39. The Kier molecular flexibility index (Phi) is 13.2. The molecule has 262 valence electrons. The Morgan fingerprint density at radius 3 is 2.18 bits per heavy atom. The molecule has 19 nitrogen and oxygen atoms in total. The van der Waals surface area contributed by atoms with Gasteiger partial charge in [-0.25, -0.2) is 19.6 Å². The molecule has 0 fully saturated rings. The molecule has 2 aromatic heterocycles. The second-order valence-electron chi connectivity index (χ2n) is 11.0. The molecule has 0 aliphatic heterocycles. The number of carbonyl (C=O) groups excluding carboxylic acids is 4. The molecule has 3 aromatic rings. The van der Waals surface area contributed by atoms with Gasteiger partial charge in [0.25, 0.3) is 11.5 Å². The monoisotopic (exact) mass is 682 g/mol. The van der Waals surface area contributed by atoms with Gasteiger partial charge in [0.15, 0.2) is 11.2 Å². The molecule has 19 heteroatoms. The maximum absolute atomic E-state index is 12.7. The number of anilines is 2. The molecule has 0 bridgehead atoms. The number of amides is 3. The van der Waals surface area contributed by atoms with Crippen molar-refractivity contribution >= 4 is 58.2 Å². The van der Waals surface area contributed by atoms with E-state index in [-0.39, 0.29) is 61.3 Å². The summed E-state index contributed by atoms with van der Waals surface area (Å²) in [6.07, 6.45) is 0.907. The quantitative estimate of drug-likeness (QED) is 0.0779. The minimum Gasteiger partial charge on any atom is -0.480 e. The predicted molar refractivity (Wildman–Crippen MR) is 174 cm³/mol. The smallest absolute Gasteiger partial charge is 0.326 e. The summed E-state index contributed by atoms with van der Waals surface area (Å²) in [6.45, 7) is 3.12. The molecule has 0 saturated carbocycles. The lowest BCUT2D eigenvalue weighted by Crippen LogP contribution is -2.53. The van der Waals surface area contributed by atoms with Crippen LogP contribution in [0.2, 0.25) is 0 Å². The van der Waals surface area contributed by atoms with E-state index in [2.05, 4.69) is 41.2 Å². The van der Waals surface area contributed by atoms with Crippen LogP contribution in [0.15, 0.2) is 35.3 Å². The lowest BCUT2D eigenvalue weighted by molar-refractivity contribution is -0.142. The number of hydrogen-bond acceptors (Lipinski definition) is 13. The van der Waals surface area contributed by atoms with E-state index in [0.29, 0.717) is 11.4 Å². The summed E-state index contributed by atoms with van der Waals surface area (Å²) in [5.41, 5.74) is 12.2. The van der Waals surface area contributed by atoms with Gasteiger partial charge < -0.3 is 42.9 Å². The van der Waals surface area contributed by atoms with Crippen molar-refractivity contribution in [2.45, 2.75) is 76.7 Å². The number of ketones is 1. The Morgan fingerprint density at radius 2 is 1.55 bits per heavy atom. The summed E-state index contributed by atoms with van der Waals surface area (Å²) >= 11 is 0. The van der Waals surface area contributed by atoms with E-state index in [1.54, 1.807) is 19.1 Å². The minimum atomic E-state index is -1.37. The van der Waals surface area contributed by atoms with Gasteiger partial charge in [0.2, 0.25) is 17.8 Å². The van der Waals surface area contributed by atoms with Crippen molar-refractivity contribution in [3.63, 3.8) is 0 Å². The first-order chi connectivity index (χ1) is 23.2. The van der Waals surface area contributed by atoms with Crippen LogP contribution in [-0.2, 0) is 30.5 Å². The van der Waals surface area contributed by atoms with Gasteiger partial charge in [-0.3, -0.25) is 29.0 Å². The van der Waals surface area contributed by atoms with E-state index in [9.17, 15) is 38.7 Å². The number of aliphatic carboxylic acids is 2. The van der Waals surface area contributed by atoms with Crippen LogP contribution in [0.25, 0.3) is 11.2 Å². The van der Waals surface area contributed by atoms with Crippen LogP contribution in [0.4, 0.5) is 11.6 Å². The number of nitrogens with two attached hydrogens (primary N) is 2. The van der Waals surface area contributed by atoms with Crippen LogP contribution >= 0.6 is 0 Å². The summed E-state index contributed by atoms with van der Waals surface area (Å²) in [7, 11) is 0. The van der Waals surface area contributed by atoms with Gasteiger partial charge in [0.1, 0.15) is 23.9 Å². The molecule has 0 aliphatic carbocycles. The molecule has 49 heavy (non-hydrogen) atoms. The van der Waals surface area contributed by atoms with E-state index in [0.717, 1.165) is 0 Å². The zero-order valence-corrected chi connectivity index (χ0v) is 26.7. The zero-order valence-electron chi connectivity index (χ0n) is 26.7. The Hall–Kier alpha value is -5.98. The standard InChI is InChI=1S/C30H38N10O9/c1-3-20(28(46)47)37-24(42)14(2)35-26(44)19(31)10-8-18(41)9-11-21(29(48)49)38-25(43)15-4-6-16(7-5-15)33-12-17-13-34-23-22(36-17)27(45)40-30(32)39-23/h4-7,13-14,19-21,33H,3,8-12,31H2,1-2H3,(H,35,44)(H,37,42)(H,38,43)(H,46,47)(H,48,49)(H3,32,34,39,40,45)/t14?,19?,20?,21-/m1/s1. The van der Waals surface area contributed by atoms with Crippen LogP contribution in [-0.4, -0.2) is 89.8 Å². The highest BCUT2D eigenvalue weighted by Crippen LogP contribution is 2.13. The third-order valence-electron chi connectivity index (χ3n) is 7.27. The number of rotatable bonds is 18. The minimum absolute atomic E-state index is 0.0286. The van der Waals surface area contributed by atoms with Gasteiger partial charge in [-0.2, -0.15) is 4.98 Å². The van der Waals surface area contributed by atoms with Gasteiger partial charge >= 0.3 is 11.9 Å². The first kappa shape index (κ1) is 37.5. The number of fused-ring (bicyclic) bond motifs is 1. The fourth-order valence-electron chi connectivity index (χ4n) is 4.39. The number of aromatic nitrogens is 4. The average molecular weight is 683 g/mol. The Bertz CT molecular complexity index is 1760. The number of nitrogen functional groups attached to an aromatic ring is 1. The fraction of sp³-hybridized carbons (Fsp3) is 0.400. The highest BCUT2D eigenvalue weighted by atomic mass is 16.4. The van der Waals surface area contributed by atoms with Crippen molar-refractivity contribution in [3.05, 3.63) is 52.1 Å². The second-order valence-corrected chi connectivity index (χ2v) is 11.0. The maximum Gasteiger partial charge on any atom is 0.326 e. The number of carbonyl (C=O) groups is 6. The largest absolute Gasteiger partial charge is 0.480 e. The maximum atomic E-state index is 12.7. The van der Waals surface area contributed by atoms with E-state index < -0.39 is 65.2 Å². The SMILES string of the molecule is CCC(NC(=O)C(C)NC(=O)C(N)CCC(=O)CC[C@@H](NC(=O)c1ccc(NCc2cnc3nc(N)[nH]c(=O)c3n2)cc1)C(=O)O)C(=O)O. The van der Waals surface area contributed by atoms with Crippen molar-refractivity contribution in [2.24, 2.45) is 5.73 Å². The summed E-state index contributed by atoms with van der Waals surface area (Å²) in [5.74, 6) is -5.14. The number of hydrogen-bond donors (Lipinski definition) is 9. The van der Waals surface area contributed by atoms with E-state index in [4.69, 9.17) is 16.6 Å². The van der Waals surface area contributed by atoms with Crippen molar-refractivity contribution < 1.29 is 39.0 Å². The van der Waals surface area contributed by atoms with Gasteiger partial charge in [-0.1, -0.05) is 6.92 Å². The molecule has 4 atom stereocenters. The first-order valence-electron chi connectivity index (χ1n) is 15.2. The number of Topliss-reactive ketones (excluding diaryl/α,β-unsaturated/α-hetero) is 1. The highest BCUT2D eigenvalue weighted by Gasteiger charge is 2.25. The number of H-pyrrole nitrogens is 1. The number of nitrogens with zero attached hydrogens (tertiary/aromatic N) is 3. The van der Waals surface area contributed by atoms with Crippen molar-refractivity contribution in [1.29, 1.82) is 0 Å². The molecule has 0 spiro atoms. The van der Waals surface area contributed by atoms with E-state index in [1.807, 2.05) is 0 Å². The molecular weight excluding hydrogens is 644 g/mol. The summed E-state index contributed by atoms with van der Waals surface area (Å²) in [5, 5.41) is 28.8. The van der Waals surface area contributed by atoms with Crippen LogP contribution in [0, 0.1) is 0 Å². The first-order valence-corrected chi connectivity index (χ1v) is 15.2. The van der Waals surface area contributed by atoms with Gasteiger partial charge in [-0.15, -0.1) is 0 Å². The molecule has 11 N–H and O–H groups in total. The molecule has 1 aromatic carbocycles. The predicted octanol–water partition coefficient (Wildman–Crippen LogP) is -0.969. The van der Waals surface area contributed by atoms with Crippen LogP contribution in [0.5, 0.6) is 0 Å². The van der Waals surface area contributed by atoms with E-state index >= 15 is 0 Å². The molecule has 0 aliphatic rings. The lowest BCUT2D eigenvalue weighted by atomic mass is 10.0. The zero-order chi connectivity index (χ0) is 36.2. The molecule has 3 amide bonds. The van der Waals surface area contributed by atoms with E-state index in [1.165, 1.54) is 25.3 Å². The third-order valence-corrected chi connectivity index (χ3v) is 7.27. The Balaban J connectivity index is 1.44. The highest BCUT2D eigenvalue weighted by molar-refractivity contribution is 5.97. The lowest BCUT2D eigenvalue weighted by Gasteiger charge is -2.19. The topological polar surface area (TPSA) is 315 Å². The number of aromatic amines is 1. The number of nitrogens with one attached hydrogen (secondary N) is 5. The molecule has 0 saturated heterocycles. The molecular formula is C30H38N10O9.